The first-order valence-corrected chi connectivity index (χ1v) is 9.63. The van der Waals surface area contributed by atoms with Crippen molar-refractivity contribution in [3.05, 3.63) is 24.4 Å². The van der Waals surface area contributed by atoms with E-state index >= 15 is 0 Å². The van der Waals surface area contributed by atoms with Gasteiger partial charge in [0.15, 0.2) is 6.40 Å². The number of carbonyl (C=O) groups is 1. The van der Waals surface area contributed by atoms with Gasteiger partial charge >= 0.3 is 0 Å². The molecule has 0 unspecified atom stereocenters. The normalized spacial score (nSPS) is 12.2. The summed E-state index contributed by atoms with van der Waals surface area (Å²) in [6, 6.07) is 0. The summed E-state index contributed by atoms with van der Waals surface area (Å²) in [6.07, 6.45) is 12.4. The van der Waals surface area contributed by atoms with Crippen LogP contribution in [-0.4, -0.2) is 75.5 Å². The van der Waals surface area contributed by atoms with E-state index in [0.29, 0.717) is 19.6 Å². The van der Waals surface area contributed by atoms with Crippen LogP contribution in [0, 0.1) is 0 Å². The van der Waals surface area contributed by atoms with Crippen LogP contribution < -0.4 is 5.32 Å². The number of nitrogens with zero attached hydrogens (tertiary/aromatic N) is 3. The highest BCUT2D eigenvalue weighted by atomic mass is 16.5. The lowest BCUT2D eigenvalue weighted by Crippen LogP contribution is -2.30. The largest absolute Gasteiger partial charge is 0.483 e. The summed E-state index contributed by atoms with van der Waals surface area (Å²) in [7, 11) is 4.07. The van der Waals surface area contributed by atoms with Gasteiger partial charge in [-0.25, -0.2) is 4.99 Å². The van der Waals surface area contributed by atoms with Gasteiger partial charge in [0.1, 0.15) is 0 Å². The van der Waals surface area contributed by atoms with E-state index in [2.05, 4.69) is 39.2 Å². The predicted octanol–water partition coefficient (Wildman–Crippen LogP) is 2.68. The van der Waals surface area contributed by atoms with Gasteiger partial charge in [-0.2, -0.15) is 0 Å². The van der Waals surface area contributed by atoms with Crippen molar-refractivity contribution in [1.29, 1.82) is 0 Å². The maximum Gasteiger partial charge on any atom is 0.223 e. The molecule has 0 saturated carbocycles. The SMILES string of the molecule is C/C=C\CCN(CC)CCCNC(=O)C/C=C\N=COCCCN(C)C. The molecular formula is C20H38N4O2. The Kier molecular flexibility index (Phi) is 17.0. The Morgan fingerprint density at radius 3 is 2.65 bits per heavy atom. The number of hydrogen-bond acceptors (Lipinski definition) is 5. The number of hydrogen-bond donors (Lipinski definition) is 1. The molecule has 150 valence electrons. The molecule has 1 amide bonds. The van der Waals surface area contributed by atoms with Crippen LogP contribution in [0.5, 0.6) is 0 Å². The Labute approximate surface area is 160 Å². The minimum absolute atomic E-state index is 0.0281. The Bertz CT molecular complexity index is 420. The van der Waals surface area contributed by atoms with Crippen molar-refractivity contribution in [1.82, 2.24) is 15.1 Å². The molecular weight excluding hydrogens is 328 g/mol. The summed E-state index contributed by atoms with van der Waals surface area (Å²) in [4.78, 5) is 20.2. The lowest BCUT2D eigenvalue weighted by molar-refractivity contribution is -0.120. The fraction of sp³-hybridized carbons (Fsp3) is 0.700. The molecule has 6 heteroatoms. The second-order valence-electron chi connectivity index (χ2n) is 6.37. The van der Waals surface area contributed by atoms with Gasteiger partial charge < -0.3 is 19.9 Å². The summed E-state index contributed by atoms with van der Waals surface area (Å²) in [6.45, 7) is 9.71. The second kappa shape index (κ2) is 18.1. The molecule has 6 nitrogen and oxygen atoms in total. The maximum atomic E-state index is 11.7. The summed E-state index contributed by atoms with van der Waals surface area (Å²) in [5.74, 6) is 0.0281. The van der Waals surface area contributed by atoms with E-state index < -0.39 is 0 Å². The Morgan fingerprint density at radius 1 is 1.15 bits per heavy atom. The van der Waals surface area contributed by atoms with Crippen LogP contribution in [0.25, 0.3) is 0 Å². The van der Waals surface area contributed by atoms with E-state index in [1.165, 1.54) is 6.40 Å². The molecule has 0 radical (unpaired) electrons. The van der Waals surface area contributed by atoms with Crippen LogP contribution in [-0.2, 0) is 9.53 Å². The molecule has 1 N–H and O–H groups in total. The number of amides is 1. The lowest BCUT2D eigenvalue weighted by Gasteiger charge is -2.19. The number of rotatable bonds is 16. The summed E-state index contributed by atoms with van der Waals surface area (Å²) in [5, 5.41) is 2.94. The third-order valence-corrected chi connectivity index (χ3v) is 3.77. The second-order valence-corrected chi connectivity index (χ2v) is 6.37. The number of nitrogens with one attached hydrogen (secondary N) is 1. The Balaban J connectivity index is 3.63. The molecule has 0 atom stereocenters. The van der Waals surface area contributed by atoms with E-state index in [1.807, 2.05) is 21.0 Å². The summed E-state index contributed by atoms with van der Waals surface area (Å²) < 4.78 is 5.26. The quantitative estimate of drug-likeness (QED) is 0.197. The van der Waals surface area contributed by atoms with Crippen molar-refractivity contribution in [2.75, 3.05) is 53.4 Å². The van der Waals surface area contributed by atoms with Crippen molar-refractivity contribution >= 4 is 12.3 Å². The average molecular weight is 367 g/mol. The zero-order chi connectivity index (χ0) is 19.5. The van der Waals surface area contributed by atoms with Crippen molar-refractivity contribution in [2.45, 2.75) is 39.5 Å². The van der Waals surface area contributed by atoms with Crippen LogP contribution in [0.3, 0.4) is 0 Å². The highest BCUT2D eigenvalue weighted by Crippen LogP contribution is 1.95. The molecule has 26 heavy (non-hydrogen) atoms. The first kappa shape index (κ1) is 24.3. The zero-order valence-corrected chi connectivity index (χ0v) is 17.1. The van der Waals surface area contributed by atoms with Crippen LogP contribution in [0.4, 0.5) is 0 Å². The topological polar surface area (TPSA) is 57.2 Å². The fourth-order valence-electron chi connectivity index (χ4n) is 2.27. The van der Waals surface area contributed by atoms with Crippen LogP contribution >= 0.6 is 0 Å². The highest BCUT2D eigenvalue weighted by Gasteiger charge is 2.02. The van der Waals surface area contributed by atoms with E-state index in [9.17, 15) is 4.79 Å². The summed E-state index contributed by atoms with van der Waals surface area (Å²) in [5.41, 5.74) is 0. The smallest absolute Gasteiger partial charge is 0.223 e. The third kappa shape index (κ3) is 17.2. The molecule has 0 bridgehead atoms. The molecule has 0 fully saturated rings. The Morgan fingerprint density at radius 2 is 1.96 bits per heavy atom. The van der Waals surface area contributed by atoms with Gasteiger partial charge in [-0.1, -0.05) is 25.2 Å². The molecule has 0 aromatic rings. The molecule has 0 aliphatic rings. The fourth-order valence-corrected chi connectivity index (χ4v) is 2.27. The molecule has 0 saturated heterocycles. The Hall–Kier alpha value is -1.66. The lowest BCUT2D eigenvalue weighted by atomic mass is 10.3. The van der Waals surface area contributed by atoms with E-state index in [4.69, 9.17) is 4.74 Å². The molecule has 0 aliphatic heterocycles. The standard InChI is InChI=1S/C20H38N4O2/c1-5-7-8-16-24(6-2)17-10-14-22-20(25)12-9-13-21-19-26-18-11-15-23(3)4/h5,7,9,13,19H,6,8,10-12,14-18H2,1-4H3,(H,22,25)/b7-5-,13-9-,21-19?. The molecule has 0 heterocycles. The minimum Gasteiger partial charge on any atom is -0.483 e. The van der Waals surface area contributed by atoms with Gasteiger partial charge in [0.2, 0.25) is 5.91 Å². The molecule has 0 rings (SSSR count). The number of aliphatic imine (C=N–C) groups is 1. The number of allylic oxidation sites excluding steroid dienone is 1. The van der Waals surface area contributed by atoms with Gasteiger partial charge in [0, 0.05) is 32.3 Å². The molecule has 0 aromatic carbocycles. The monoisotopic (exact) mass is 366 g/mol. The predicted molar refractivity (Wildman–Crippen MR) is 111 cm³/mol. The average Bonchev–Trinajstić information content (AvgIpc) is 2.62. The molecule has 0 aliphatic carbocycles. The molecule has 0 aromatic heterocycles. The van der Waals surface area contributed by atoms with Crippen LogP contribution in [0.1, 0.15) is 39.5 Å². The highest BCUT2D eigenvalue weighted by molar-refractivity contribution is 5.77. The van der Waals surface area contributed by atoms with Crippen molar-refractivity contribution in [2.24, 2.45) is 4.99 Å². The van der Waals surface area contributed by atoms with Crippen molar-refractivity contribution < 1.29 is 9.53 Å². The first-order chi connectivity index (χ1) is 12.6. The van der Waals surface area contributed by atoms with Crippen molar-refractivity contribution in [3.63, 3.8) is 0 Å². The van der Waals surface area contributed by atoms with Crippen LogP contribution in [0.2, 0.25) is 0 Å². The first-order valence-electron chi connectivity index (χ1n) is 9.63. The van der Waals surface area contributed by atoms with E-state index in [0.717, 1.165) is 45.4 Å². The van der Waals surface area contributed by atoms with E-state index in [1.54, 1.807) is 12.3 Å². The van der Waals surface area contributed by atoms with Crippen molar-refractivity contribution in [3.8, 4) is 0 Å². The number of carbonyl (C=O) groups excluding carboxylic acids is 1. The van der Waals surface area contributed by atoms with Gasteiger partial charge in [-0.3, -0.25) is 4.79 Å². The van der Waals surface area contributed by atoms with Crippen LogP contribution in [0.15, 0.2) is 29.4 Å². The van der Waals surface area contributed by atoms with Gasteiger partial charge in [0.05, 0.1) is 6.61 Å². The summed E-state index contributed by atoms with van der Waals surface area (Å²) >= 11 is 0. The maximum absolute atomic E-state index is 11.7. The van der Waals surface area contributed by atoms with Gasteiger partial charge in [-0.05, 0) is 53.4 Å². The number of ether oxygens (including phenoxy) is 1. The zero-order valence-electron chi connectivity index (χ0n) is 17.1. The molecule has 0 spiro atoms. The minimum atomic E-state index is 0.0281. The van der Waals surface area contributed by atoms with Gasteiger partial charge in [-0.15, -0.1) is 0 Å². The van der Waals surface area contributed by atoms with Gasteiger partial charge in [0.25, 0.3) is 0 Å². The third-order valence-electron chi connectivity index (χ3n) is 3.77. The van der Waals surface area contributed by atoms with E-state index in [-0.39, 0.29) is 5.91 Å².